The van der Waals surface area contributed by atoms with Gasteiger partial charge in [0.05, 0.1) is 22.4 Å². The molecule has 0 spiro atoms. The van der Waals surface area contributed by atoms with Crippen LogP contribution in [0.3, 0.4) is 0 Å². The van der Waals surface area contributed by atoms with E-state index >= 15 is 0 Å². The van der Waals surface area contributed by atoms with E-state index in [0.717, 1.165) is 20.8 Å². The quantitative estimate of drug-likeness (QED) is 0.627. The molecular formula is C20H22FN3O2S2. The molecule has 8 heteroatoms. The number of amides is 1. The molecule has 1 aromatic carbocycles. The SMILES string of the molecule is Cc1sc2nc(CS[C@H](C)C(=O)N[C@@H](C)c3ccc(F)cc3)[nH]c(=O)c2c1C. The summed E-state index contributed by atoms with van der Waals surface area (Å²) in [5, 5.41) is 3.26. The Balaban J connectivity index is 1.62. The van der Waals surface area contributed by atoms with E-state index in [1.165, 1.54) is 35.2 Å². The van der Waals surface area contributed by atoms with Crippen molar-refractivity contribution in [3.05, 3.63) is 62.3 Å². The third kappa shape index (κ3) is 4.44. The highest BCUT2D eigenvalue weighted by Crippen LogP contribution is 2.26. The van der Waals surface area contributed by atoms with E-state index in [-0.39, 0.29) is 28.6 Å². The number of rotatable bonds is 6. The molecule has 0 aliphatic carbocycles. The van der Waals surface area contributed by atoms with Crippen LogP contribution < -0.4 is 10.9 Å². The molecule has 2 heterocycles. The van der Waals surface area contributed by atoms with Gasteiger partial charge in [0, 0.05) is 4.88 Å². The number of carbonyl (C=O) groups excluding carboxylic acids is 1. The van der Waals surface area contributed by atoms with Crippen LogP contribution in [-0.4, -0.2) is 21.1 Å². The first kappa shape index (κ1) is 20.5. The maximum atomic E-state index is 13.0. The number of aromatic amines is 1. The Bertz CT molecular complexity index is 1060. The van der Waals surface area contributed by atoms with Gasteiger partial charge < -0.3 is 10.3 Å². The molecule has 0 radical (unpaired) electrons. The van der Waals surface area contributed by atoms with Crippen LogP contribution in [0.25, 0.3) is 10.2 Å². The number of H-pyrrole nitrogens is 1. The van der Waals surface area contributed by atoms with E-state index in [2.05, 4.69) is 15.3 Å². The van der Waals surface area contributed by atoms with Gasteiger partial charge in [0.1, 0.15) is 16.5 Å². The molecule has 0 fully saturated rings. The summed E-state index contributed by atoms with van der Waals surface area (Å²) < 4.78 is 13.0. The predicted molar refractivity (Wildman–Crippen MR) is 113 cm³/mol. The number of hydrogen-bond acceptors (Lipinski definition) is 5. The first-order valence-electron chi connectivity index (χ1n) is 8.92. The highest BCUT2D eigenvalue weighted by atomic mass is 32.2. The molecule has 2 aromatic heterocycles. The Morgan fingerprint density at radius 2 is 1.96 bits per heavy atom. The molecule has 5 nitrogen and oxygen atoms in total. The fraction of sp³-hybridized carbons (Fsp3) is 0.350. The van der Waals surface area contributed by atoms with Gasteiger partial charge in [-0.3, -0.25) is 9.59 Å². The van der Waals surface area contributed by atoms with Crippen molar-refractivity contribution in [3.63, 3.8) is 0 Å². The molecule has 3 rings (SSSR count). The van der Waals surface area contributed by atoms with Crippen LogP contribution in [0.5, 0.6) is 0 Å². The van der Waals surface area contributed by atoms with Crippen LogP contribution in [-0.2, 0) is 10.5 Å². The second kappa shape index (κ2) is 8.45. The molecule has 2 N–H and O–H groups in total. The van der Waals surface area contributed by atoms with Crippen molar-refractivity contribution in [3.8, 4) is 0 Å². The number of nitrogens with one attached hydrogen (secondary N) is 2. The van der Waals surface area contributed by atoms with Gasteiger partial charge in [-0.1, -0.05) is 12.1 Å². The Morgan fingerprint density at radius 3 is 2.64 bits per heavy atom. The lowest BCUT2D eigenvalue weighted by atomic mass is 10.1. The molecule has 148 valence electrons. The largest absolute Gasteiger partial charge is 0.349 e. The highest BCUT2D eigenvalue weighted by molar-refractivity contribution is 7.99. The molecule has 0 unspecified atom stereocenters. The van der Waals surface area contributed by atoms with E-state index in [4.69, 9.17) is 0 Å². The molecule has 0 saturated carbocycles. The number of benzene rings is 1. The average Bonchev–Trinajstić information content (AvgIpc) is 2.94. The summed E-state index contributed by atoms with van der Waals surface area (Å²) in [6.45, 7) is 7.57. The van der Waals surface area contributed by atoms with Gasteiger partial charge in [-0.2, -0.15) is 0 Å². The third-order valence-corrected chi connectivity index (χ3v) is 6.91. The smallest absolute Gasteiger partial charge is 0.259 e. The predicted octanol–water partition coefficient (Wildman–Crippen LogP) is 4.24. The second-order valence-electron chi connectivity index (χ2n) is 6.71. The molecule has 0 aliphatic heterocycles. The molecule has 0 bridgehead atoms. The molecular weight excluding hydrogens is 397 g/mol. The molecule has 0 aliphatic rings. The average molecular weight is 420 g/mol. The number of carbonyl (C=O) groups is 1. The van der Waals surface area contributed by atoms with E-state index < -0.39 is 0 Å². The molecule has 0 saturated heterocycles. The highest BCUT2D eigenvalue weighted by Gasteiger charge is 2.18. The van der Waals surface area contributed by atoms with Gasteiger partial charge in [0.15, 0.2) is 0 Å². The van der Waals surface area contributed by atoms with Crippen LogP contribution in [0.1, 0.15) is 41.7 Å². The topological polar surface area (TPSA) is 74.8 Å². The lowest BCUT2D eigenvalue weighted by Gasteiger charge is -2.17. The van der Waals surface area contributed by atoms with Crippen LogP contribution in [0.2, 0.25) is 0 Å². The second-order valence-corrected chi connectivity index (χ2v) is 9.24. The summed E-state index contributed by atoms with van der Waals surface area (Å²) in [5.74, 6) is 0.574. The van der Waals surface area contributed by atoms with E-state index in [9.17, 15) is 14.0 Å². The van der Waals surface area contributed by atoms with Crippen molar-refractivity contribution < 1.29 is 9.18 Å². The number of aromatic nitrogens is 2. The van der Waals surface area contributed by atoms with Crippen molar-refractivity contribution >= 4 is 39.2 Å². The van der Waals surface area contributed by atoms with Crippen molar-refractivity contribution in [2.24, 2.45) is 0 Å². The first-order valence-corrected chi connectivity index (χ1v) is 10.8. The summed E-state index contributed by atoms with van der Waals surface area (Å²) in [7, 11) is 0. The Morgan fingerprint density at radius 1 is 1.29 bits per heavy atom. The molecule has 1 amide bonds. The lowest BCUT2D eigenvalue weighted by Crippen LogP contribution is -2.33. The number of thiophene rings is 1. The lowest BCUT2D eigenvalue weighted by molar-refractivity contribution is -0.120. The first-order chi connectivity index (χ1) is 13.3. The third-order valence-electron chi connectivity index (χ3n) is 4.66. The maximum Gasteiger partial charge on any atom is 0.259 e. The Hall–Kier alpha value is -2.19. The van der Waals surface area contributed by atoms with Gasteiger partial charge in [0.25, 0.3) is 5.56 Å². The summed E-state index contributed by atoms with van der Waals surface area (Å²) >= 11 is 2.91. The standard InChI is InChI=1S/C20H22FN3O2S2/c1-10-12(3)28-20-17(10)19(26)23-16(24-20)9-27-13(4)18(25)22-11(2)14-5-7-15(21)8-6-14/h5-8,11,13H,9H2,1-4H3,(H,22,25)(H,23,24,26)/t11-,13+/m0/s1. The maximum absolute atomic E-state index is 13.0. The van der Waals surface area contributed by atoms with Gasteiger partial charge in [-0.25, -0.2) is 9.37 Å². The van der Waals surface area contributed by atoms with Gasteiger partial charge >= 0.3 is 0 Å². The zero-order valence-electron chi connectivity index (χ0n) is 16.1. The van der Waals surface area contributed by atoms with Crippen molar-refractivity contribution in [2.75, 3.05) is 0 Å². The van der Waals surface area contributed by atoms with Crippen molar-refractivity contribution in [1.82, 2.24) is 15.3 Å². The number of fused-ring (bicyclic) bond motifs is 1. The number of nitrogens with zero attached hydrogens (tertiary/aromatic N) is 1. The summed E-state index contributed by atoms with van der Waals surface area (Å²) in [6, 6.07) is 5.85. The number of hydrogen-bond donors (Lipinski definition) is 2. The minimum absolute atomic E-state index is 0.118. The Kier molecular flexibility index (Phi) is 6.20. The van der Waals surface area contributed by atoms with Gasteiger partial charge in [-0.15, -0.1) is 23.1 Å². The minimum atomic E-state index is -0.323. The molecule has 28 heavy (non-hydrogen) atoms. The number of aryl methyl sites for hydroxylation is 2. The van der Waals surface area contributed by atoms with Crippen molar-refractivity contribution in [2.45, 2.75) is 44.7 Å². The fourth-order valence-corrected chi connectivity index (χ4v) is 4.63. The van der Waals surface area contributed by atoms with Crippen LogP contribution in [0.4, 0.5) is 4.39 Å². The van der Waals surface area contributed by atoms with E-state index in [0.29, 0.717) is 17.0 Å². The zero-order chi connectivity index (χ0) is 20.4. The summed E-state index contributed by atoms with van der Waals surface area (Å²) in [5.41, 5.74) is 1.67. The summed E-state index contributed by atoms with van der Waals surface area (Å²) in [4.78, 5) is 34.0. The molecule has 3 aromatic rings. The molecule has 2 atom stereocenters. The fourth-order valence-electron chi connectivity index (χ4n) is 2.81. The van der Waals surface area contributed by atoms with Gasteiger partial charge in [-0.05, 0) is 51.0 Å². The van der Waals surface area contributed by atoms with E-state index in [1.54, 1.807) is 12.1 Å². The van der Waals surface area contributed by atoms with Crippen LogP contribution in [0.15, 0.2) is 29.1 Å². The minimum Gasteiger partial charge on any atom is -0.349 e. The van der Waals surface area contributed by atoms with Crippen LogP contribution >= 0.6 is 23.1 Å². The summed E-state index contributed by atoms with van der Waals surface area (Å²) in [6.07, 6.45) is 0. The van der Waals surface area contributed by atoms with Crippen molar-refractivity contribution in [1.29, 1.82) is 0 Å². The monoisotopic (exact) mass is 419 g/mol. The van der Waals surface area contributed by atoms with E-state index in [1.807, 2.05) is 27.7 Å². The van der Waals surface area contributed by atoms with Crippen LogP contribution in [0, 0.1) is 19.7 Å². The number of thioether (sulfide) groups is 1. The number of halogens is 1. The van der Waals surface area contributed by atoms with Gasteiger partial charge in [0.2, 0.25) is 5.91 Å². The normalized spacial score (nSPS) is 13.5. The Labute approximate surface area is 170 Å². The zero-order valence-corrected chi connectivity index (χ0v) is 17.8.